The molecule has 0 saturated carbocycles. The highest BCUT2D eigenvalue weighted by atomic mass is 32.2. The summed E-state index contributed by atoms with van der Waals surface area (Å²) in [5, 5.41) is 9.30. The normalized spacial score (nSPS) is 11.7. The number of pyridine rings is 1. The summed E-state index contributed by atoms with van der Waals surface area (Å²) in [6, 6.07) is 1.62. The minimum atomic E-state index is -3.59. The number of sulfonamides is 1. The maximum atomic E-state index is 12.5. The predicted molar refractivity (Wildman–Crippen MR) is 71.0 cm³/mol. The van der Waals surface area contributed by atoms with E-state index in [0.29, 0.717) is 5.69 Å². The summed E-state index contributed by atoms with van der Waals surface area (Å²) < 4.78 is 26.2. The number of aromatic amines is 1. The molecule has 2 aromatic heterocycles. The Morgan fingerprint density at radius 1 is 1.42 bits per heavy atom. The Labute approximate surface area is 111 Å². The third-order valence-corrected chi connectivity index (χ3v) is 4.53. The summed E-state index contributed by atoms with van der Waals surface area (Å²) in [6.45, 7) is 0.247. The van der Waals surface area contributed by atoms with Gasteiger partial charge in [-0.05, 0) is 6.07 Å². The first-order chi connectivity index (χ1) is 9.05. The highest BCUT2D eigenvalue weighted by Gasteiger charge is 2.24. The summed E-state index contributed by atoms with van der Waals surface area (Å²) in [4.78, 5) is 4.03. The molecule has 0 aliphatic heterocycles. The van der Waals surface area contributed by atoms with E-state index in [9.17, 15) is 8.42 Å². The van der Waals surface area contributed by atoms with E-state index in [1.807, 2.05) is 0 Å². The van der Waals surface area contributed by atoms with Gasteiger partial charge in [-0.15, -0.1) is 0 Å². The Kier molecular flexibility index (Phi) is 3.82. The molecule has 0 saturated heterocycles. The minimum absolute atomic E-state index is 0.156. The van der Waals surface area contributed by atoms with Crippen molar-refractivity contribution in [1.29, 1.82) is 0 Å². The van der Waals surface area contributed by atoms with Crippen LogP contribution in [0, 0.1) is 0 Å². The first-order valence-electron chi connectivity index (χ1n) is 5.61. The number of anilines is 1. The van der Waals surface area contributed by atoms with E-state index in [4.69, 9.17) is 0 Å². The zero-order valence-corrected chi connectivity index (χ0v) is 11.5. The number of H-pyrrole nitrogens is 1. The molecule has 0 radical (unpaired) electrons. The van der Waals surface area contributed by atoms with Crippen LogP contribution in [0.15, 0.2) is 35.7 Å². The summed E-state index contributed by atoms with van der Waals surface area (Å²) >= 11 is 0. The monoisotopic (exact) mass is 281 g/mol. The van der Waals surface area contributed by atoms with Crippen molar-refractivity contribution in [3.8, 4) is 0 Å². The molecule has 0 unspecified atom stereocenters. The van der Waals surface area contributed by atoms with Crippen molar-refractivity contribution in [2.45, 2.75) is 11.4 Å². The van der Waals surface area contributed by atoms with Crippen LogP contribution in [-0.4, -0.2) is 42.0 Å². The zero-order valence-electron chi connectivity index (χ0n) is 10.7. The summed E-state index contributed by atoms with van der Waals surface area (Å²) in [5.74, 6) is 0. The van der Waals surface area contributed by atoms with E-state index < -0.39 is 10.0 Å². The van der Waals surface area contributed by atoms with Gasteiger partial charge in [-0.2, -0.15) is 9.40 Å². The number of nitrogens with zero attached hydrogens (tertiary/aromatic N) is 3. The third kappa shape index (κ3) is 2.74. The lowest BCUT2D eigenvalue weighted by Crippen LogP contribution is -2.27. The largest absolute Gasteiger partial charge is 0.387 e. The average molecular weight is 281 g/mol. The molecular formula is C11H15N5O2S. The second kappa shape index (κ2) is 5.37. The molecule has 0 bridgehead atoms. The fourth-order valence-electron chi connectivity index (χ4n) is 1.67. The van der Waals surface area contributed by atoms with Gasteiger partial charge in [-0.1, -0.05) is 0 Å². The zero-order chi connectivity index (χ0) is 13.9. The highest BCUT2D eigenvalue weighted by molar-refractivity contribution is 7.89. The van der Waals surface area contributed by atoms with Crippen LogP contribution in [-0.2, 0) is 16.6 Å². The lowest BCUT2D eigenvalue weighted by atomic mass is 10.4. The Balaban J connectivity index is 2.31. The standard InChI is InChI=1S/C11H15N5O2S/c1-12-10-3-4-13-7-11(10)19(17,18)16(2)8-9-5-14-15-6-9/h3-7H,8H2,1-2H3,(H,12,13)(H,14,15). The van der Waals surface area contributed by atoms with Gasteiger partial charge in [-0.3, -0.25) is 10.1 Å². The average Bonchev–Trinajstić information content (AvgIpc) is 2.91. The van der Waals surface area contributed by atoms with Gasteiger partial charge < -0.3 is 5.32 Å². The molecule has 2 heterocycles. The summed E-state index contributed by atoms with van der Waals surface area (Å²) in [6.07, 6.45) is 6.14. The molecule has 0 spiro atoms. The first kappa shape index (κ1) is 13.5. The number of nitrogens with one attached hydrogen (secondary N) is 2. The molecule has 8 heteroatoms. The van der Waals surface area contributed by atoms with Crippen LogP contribution in [0.5, 0.6) is 0 Å². The molecule has 0 aliphatic rings. The molecular weight excluding hydrogens is 266 g/mol. The molecule has 102 valence electrons. The van der Waals surface area contributed by atoms with Crippen molar-refractivity contribution in [3.05, 3.63) is 36.4 Å². The van der Waals surface area contributed by atoms with Gasteiger partial charge in [0.05, 0.1) is 11.9 Å². The molecule has 0 atom stereocenters. The van der Waals surface area contributed by atoms with Gasteiger partial charge in [0.1, 0.15) is 4.90 Å². The predicted octanol–water partition coefficient (Wildman–Crippen LogP) is 0.667. The van der Waals surface area contributed by atoms with Crippen molar-refractivity contribution >= 4 is 15.7 Å². The summed E-state index contributed by atoms with van der Waals surface area (Å²) in [5.41, 5.74) is 1.31. The van der Waals surface area contributed by atoms with Crippen molar-refractivity contribution in [2.24, 2.45) is 0 Å². The Hall–Kier alpha value is -1.93. The molecule has 0 amide bonds. The molecule has 0 fully saturated rings. The van der Waals surface area contributed by atoms with Crippen molar-refractivity contribution in [1.82, 2.24) is 19.5 Å². The molecule has 0 aliphatic carbocycles. The Bertz CT molecular complexity index is 639. The van der Waals surface area contributed by atoms with Crippen LogP contribution >= 0.6 is 0 Å². The second-order valence-corrected chi connectivity index (χ2v) is 6.00. The maximum absolute atomic E-state index is 12.5. The molecule has 7 nitrogen and oxygen atoms in total. The van der Waals surface area contributed by atoms with Crippen LogP contribution in [0.3, 0.4) is 0 Å². The Morgan fingerprint density at radius 3 is 2.84 bits per heavy atom. The van der Waals surface area contributed by atoms with Crippen LogP contribution in [0.25, 0.3) is 0 Å². The second-order valence-electron chi connectivity index (χ2n) is 3.99. The van der Waals surface area contributed by atoms with Gasteiger partial charge in [0.2, 0.25) is 10.0 Å². The molecule has 2 N–H and O–H groups in total. The topological polar surface area (TPSA) is 91.0 Å². The van der Waals surface area contributed by atoms with Crippen LogP contribution in [0.4, 0.5) is 5.69 Å². The number of rotatable bonds is 5. The third-order valence-electron chi connectivity index (χ3n) is 2.70. The lowest BCUT2D eigenvalue weighted by Gasteiger charge is -2.18. The molecule has 2 aromatic rings. The molecule has 2 rings (SSSR count). The van der Waals surface area contributed by atoms with Gasteiger partial charge in [-0.25, -0.2) is 8.42 Å². The van der Waals surface area contributed by atoms with E-state index in [-0.39, 0.29) is 11.4 Å². The van der Waals surface area contributed by atoms with Gasteiger partial charge in [0, 0.05) is 44.8 Å². The van der Waals surface area contributed by atoms with Crippen LogP contribution in [0.2, 0.25) is 0 Å². The maximum Gasteiger partial charge on any atom is 0.246 e. The van der Waals surface area contributed by atoms with E-state index in [0.717, 1.165) is 5.56 Å². The lowest BCUT2D eigenvalue weighted by molar-refractivity contribution is 0.467. The van der Waals surface area contributed by atoms with E-state index >= 15 is 0 Å². The van der Waals surface area contributed by atoms with Gasteiger partial charge in [0.25, 0.3) is 0 Å². The van der Waals surface area contributed by atoms with Crippen LogP contribution < -0.4 is 5.32 Å². The quantitative estimate of drug-likeness (QED) is 0.840. The van der Waals surface area contributed by atoms with E-state index in [1.165, 1.54) is 17.5 Å². The molecule has 19 heavy (non-hydrogen) atoms. The fraction of sp³-hybridized carbons (Fsp3) is 0.273. The van der Waals surface area contributed by atoms with Crippen molar-refractivity contribution in [3.63, 3.8) is 0 Å². The Morgan fingerprint density at radius 2 is 2.21 bits per heavy atom. The smallest absolute Gasteiger partial charge is 0.246 e. The minimum Gasteiger partial charge on any atom is -0.387 e. The first-order valence-corrected chi connectivity index (χ1v) is 7.05. The van der Waals surface area contributed by atoms with Crippen LogP contribution in [0.1, 0.15) is 5.56 Å². The van der Waals surface area contributed by atoms with E-state index in [2.05, 4.69) is 20.5 Å². The fourth-order valence-corrected chi connectivity index (χ4v) is 2.96. The van der Waals surface area contributed by atoms with Crippen molar-refractivity contribution in [2.75, 3.05) is 19.4 Å². The summed E-state index contributed by atoms with van der Waals surface area (Å²) in [7, 11) is -0.398. The number of aromatic nitrogens is 3. The molecule has 0 aromatic carbocycles. The van der Waals surface area contributed by atoms with Crippen molar-refractivity contribution < 1.29 is 8.42 Å². The van der Waals surface area contributed by atoms with E-state index in [1.54, 1.807) is 31.7 Å². The van der Waals surface area contributed by atoms with Gasteiger partial charge >= 0.3 is 0 Å². The number of hydrogen-bond acceptors (Lipinski definition) is 5. The highest BCUT2D eigenvalue weighted by Crippen LogP contribution is 2.23. The van der Waals surface area contributed by atoms with Gasteiger partial charge in [0.15, 0.2) is 0 Å². The SMILES string of the molecule is CNc1ccncc1S(=O)(=O)N(C)Cc1cn[nH]c1. The number of hydrogen-bond donors (Lipinski definition) is 2.